The zero-order valence-corrected chi connectivity index (χ0v) is 10.2. The summed E-state index contributed by atoms with van der Waals surface area (Å²) in [6, 6.07) is 4.99. The summed E-state index contributed by atoms with van der Waals surface area (Å²) in [5, 5.41) is 8.88. The number of aldehydes is 1. The van der Waals surface area contributed by atoms with Crippen LogP contribution in [0.5, 0.6) is 0 Å². The fourth-order valence-electron chi connectivity index (χ4n) is 1.39. The topological polar surface area (TPSA) is 67.2 Å². The highest BCUT2D eigenvalue weighted by Crippen LogP contribution is 2.19. The normalized spacial score (nSPS) is 9.47. The van der Waals surface area contributed by atoms with Crippen molar-refractivity contribution < 1.29 is 14.3 Å². The number of benzene rings is 1. The maximum absolute atomic E-state index is 11.3. The summed E-state index contributed by atoms with van der Waals surface area (Å²) in [5.41, 5.74) is 1.06. The van der Waals surface area contributed by atoms with Crippen LogP contribution in [0.1, 0.15) is 28.4 Å². The van der Waals surface area contributed by atoms with Gasteiger partial charge in [-0.2, -0.15) is 5.26 Å². The number of rotatable bonds is 4. The average Bonchev–Trinajstić information content (AvgIpc) is 2.28. The molecule has 0 unspecified atom stereocenters. The molecule has 0 radical (unpaired) electrons. The molecule has 1 aromatic rings. The Bertz CT molecular complexity index is 491. The summed E-state index contributed by atoms with van der Waals surface area (Å²) in [5.74, 6) is -0.372. The molecule has 0 fully saturated rings. The third-order valence-electron chi connectivity index (χ3n) is 2.11. The number of carbonyl (C=O) groups is 2. The second-order valence-corrected chi connectivity index (χ2v) is 3.77. The highest BCUT2D eigenvalue weighted by atomic mass is 32.1. The molecule has 0 N–H and O–H groups in total. The van der Waals surface area contributed by atoms with Crippen molar-refractivity contribution in [3.63, 3.8) is 0 Å². The quantitative estimate of drug-likeness (QED) is 0.501. The molecule has 0 amide bonds. The van der Waals surface area contributed by atoms with Crippen LogP contribution in [0.2, 0.25) is 0 Å². The largest absolute Gasteiger partial charge is 0.466 e. The van der Waals surface area contributed by atoms with Gasteiger partial charge in [0.15, 0.2) is 6.29 Å². The fourth-order valence-corrected chi connectivity index (χ4v) is 1.73. The van der Waals surface area contributed by atoms with E-state index < -0.39 is 0 Å². The van der Waals surface area contributed by atoms with Gasteiger partial charge in [-0.15, -0.1) is 12.6 Å². The number of ether oxygens (including phenoxy) is 1. The molecule has 0 spiro atoms. The second-order valence-electron chi connectivity index (χ2n) is 3.29. The van der Waals surface area contributed by atoms with E-state index in [-0.39, 0.29) is 23.5 Å². The molecule has 17 heavy (non-hydrogen) atoms. The second kappa shape index (κ2) is 6.06. The van der Waals surface area contributed by atoms with Crippen LogP contribution in [0, 0.1) is 11.3 Å². The summed E-state index contributed by atoms with van der Waals surface area (Å²) in [7, 11) is 0. The number of esters is 1. The molecule has 0 saturated heterocycles. The lowest BCUT2D eigenvalue weighted by Crippen LogP contribution is -2.08. The van der Waals surface area contributed by atoms with Gasteiger partial charge in [-0.1, -0.05) is 0 Å². The van der Waals surface area contributed by atoms with Gasteiger partial charge >= 0.3 is 5.97 Å². The molecule has 88 valence electrons. The Morgan fingerprint density at radius 3 is 2.82 bits per heavy atom. The first-order valence-corrected chi connectivity index (χ1v) is 5.43. The molecule has 5 heteroatoms. The number of nitriles is 1. The van der Waals surface area contributed by atoms with Crippen molar-refractivity contribution in [2.45, 2.75) is 18.2 Å². The number of nitrogens with zero attached hydrogens (tertiary/aromatic N) is 1. The van der Waals surface area contributed by atoms with Crippen LogP contribution in [-0.4, -0.2) is 18.9 Å². The minimum Gasteiger partial charge on any atom is -0.466 e. The van der Waals surface area contributed by atoms with Gasteiger partial charge in [0, 0.05) is 10.5 Å². The summed E-state index contributed by atoms with van der Waals surface area (Å²) in [6.45, 7) is 2.03. The number of thiol groups is 1. The van der Waals surface area contributed by atoms with Crippen molar-refractivity contribution in [3.8, 4) is 6.07 Å². The number of hydrogen-bond acceptors (Lipinski definition) is 5. The van der Waals surface area contributed by atoms with Crippen molar-refractivity contribution >= 4 is 24.9 Å². The highest BCUT2D eigenvalue weighted by molar-refractivity contribution is 7.80. The van der Waals surface area contributed by atoms with E-state index in [4.69, 9.17) is 10.00 Å². The predicted octanol–water partition coefficient (Wildman–Crippen LogP) is 1.77. The Morgan fingerprint density at radius 2 is 2.29 bits per heavy atom. The number of carbonyl (C=O) groups excluding carboxylic acids is 2. The third-order valence-corrected chi connectivity index (χ3v) is 2.48. The van der Waals surface area contributed by atoms with Crippen molar-refractivity contribution in [2.24, 2.45) is 0 Å². The van der Waals surface area contributed by atoms with Crippen LogP contribution in [0.25, 0.3) is 0 Å². The van der Waals surface area contributed by atoms with Crippen molar-refractivity contribution in [3.05, 3.63) is 28.8 Å². The maximum Gasteiger partial charge on any atom is 0.310 e. The van der Waals surface area contributed by atoms with Gasteiger partial charge < -0.3 is 4.74 Å². The molecule has 0 aliphatic heterocycles. The molecular weight excluding hydrogens is 238 g/mol. The first-order valence-electron chi connectivity index (χ1n) is 4.99. The van der Waals surface area contributed by atoms with E-state index in [1.807, 2.05) is 6.07 Å². The molecule has 0 atom stereocenters. The van der Waals surface area contributed by atoms with Crippen LogP contribution >= 0.6 is 12.6 Å². The minimum atomic E-state index is -0.372. The van der Waals surface area contributed by atoms with Gasteiger partial charge in [-0.3, -0.25) is 9.59 Å². The zero-order chi connectivity index (χ0) is 12.8. The van der Waals surface area contributed by atoms with Crippen LogP contribution in [0.4, 0.5) is 0 Å². The molecule has 1 rings (SSSR count). The Hall–Kier alpha value is -1.80. The molecule has 0 aliphatic rings. The predicted molar refractivity (Wildman–Crippen MR) is 64.1 cm³/mol. The molecule has 0 heterocycles. The summed E-state index contributed by atoms with van der Waals surface area (Å²) in [6.07, 6.45) is 0.643. The van der Waals surface area contributed by atoms with Crippen LogP contribution in [0.15, 0.2) is 17.0 Å². The van der Waals surface area contributed by atoms with Gasteiger partial charge in [0.2, 0.25) is 0 Å². The fraction of sp³-hybridized carbons (Fsp3) is 0.250. The molecule has 0 aliphatic carbocycles. The smallest absolute Gasteiger partial charge is 0.310 e. The summed E-state index contributed by atoms with van der Waals surface area (Å²) in [4.78, 5) is 22.4. The third kappa shape index (κ3) is 3.33. The lowest BCUT2D eigenvalue weighted by Gasteiger charge is -2.06. The lowest BCUT2D eigenvalue weighted by molar-refractivity contribution is -0.142. The first-order chi connectivity index (χ1) is 8.12. The van der Waals surface area contributed by atoms with Crippen molar-refractivity contribution in [1.82, 2.24) is 0 Å². The molecule has 0 bridgehead atoms. The van der Waals surface area contributed by atoms with Crippen molar-refractivity contribution in [1.29, 1.82) is 5.26 Å². The average molecular weight is 249 g/mol. The van der Waals surface area contributed by atoms with Gasteiger partial charge in [-0.25, -0.2) is 0 Å². The highest BCUT2D eigenvalue weighted by Gasteiger charge is 2.11. The monoisotopic (exact) mass is 249 g/mol. The Labute approximate surface area is 105 Å². The summed E-state index contributed by atoms with van der Waals surface area (Å²) < 4.78 is 4.80. The van der Waals surface area contributed by atoms with Gasteiger partial charge in [0.25, 0.3) is 0 Å². The summed E-state index contributed by atoms with van der Waals surface area (Å²) >= 11 is 4.11. The van der Waals surface area contributed by atoms with E-state index in [9.17, 15) is 9.59 Å². The van der Waals surface area contributed by atoms with Crippen LogP contribution in [0.3, 0.4) is 0 Å². The van der Waals surface area contributed by atoms with E-state index >= 15 is 0 Å². The van der Waals surface area contributed by atoms with Crippen LogP contribution in [-0.2, 0) is 16.0 Å². The maximum atomic E-state index is 11.3. The van der Waals surface area contributed by atoms with Gasteiger partial charge in [-0.05, 0) is 24.6 Å². The first kappa shape index (κ1) is 13.3. The molecule has 0 aromatic heterocycles. The van der Waals surface area contributed by atoms with Crippen molar-refractivity contribution in [2.75, 3.05) is 6.61 Å². The Balaban J connectivity index is 3.04. The number of hydrogen-bond donors (Lipinski definition) is 1. The minimum absolute atomic E-state index is 0.0647. The van der Waals surface area contributed by atoms with Crippen LogP contribution < -0.4 is 0 Å². The van der Waals surface area contributed by atoms with E-state index in [1.54, 1.807) is 13.0 Å². The van der Waals surface area contributed by atoms with E-state index in [1.165, 1.54) is 6.07 Å². The zero-order valence-electron chi connectivity index (χ0n) is 9.27. The van der Waals surface area contributed by atoms with E-state index in [0.717, 1.165) is 0 Å². The van der Waals surface area contributed by atoms with E-state index in [0.29, 0.717) is 23.4 Å². The molecular formula is C12H11NO3S. The Morgan fingerprint density at radius 1 is 1.59 bits per heavy atom. The van der Waals surface area contributed by atoms with Gasteiger partial charge in [0.1, 0.15) is 0 Å². The van der Waals surface area contributed by atoms with Gasteiger partial charge in [0.05, 0.1) is 24.7 Å². The Kier molecular flexibility index (Phi) is 4.73. The van der Waals surface area contributed by atoms with E-state index in [2.05, 4.69) is 12.6 Å². The molecule has 1 aromatic carbocycles. The standard InChI is InChI=1S/C12H11NO3S/c1-2-16-12(15)5-8-3-9(6-13)10(7-14)11(17)4-8/h3-4,7,17H,2,5H2,1H3. The SMILES string of the molecule is CCOC(=O)Cc1cc(S)c(C=O)c(C#N)c1. The molecule has 0 saturated carbocycles. The molecule has 4 nitrogen and oxygen atoms in total. The lowest BCUT2D eigenvalue weighted by atomic mass is 10.0.